The summed E-state index contributed by atoms with van der Waals surface area (Å²) in [5, 5.41) is 7.74. The lowest BCUT2D eigenvalue weighted by atomic mass is 10.4. The molecule has 12 heteroatoms. The molecule has 0 fully saturated rings. The van der Waals surface area contributed by atoms with Gasteiger partial charge in [-0.25, -0.2) is 9.97 Å². The molecule has 0 aliphatic rings. The molecule has 0 atom stereocenters. The highest BCUT2D eigenvalue weighted by Crippen LogP contribution is 2.27. The SMILES string of the molecule is CN=C(NCCNc1nccc(C(F)(F)F)n1)NCCC(F)(F)F. The number of hydrogen-bond acceptors (Lipinski definition) is 4. The Labute approximate surface area is 133 Å². The number of nitrogens with one attached hydrogen (secondary N) is 3. The highest BCUT2D eigenvalue weighted by Gasteiger charge is 2.32. The van der Waals surface area contributed by atoms with Crippen molar-refractivity contribution in [2.75, 3.05) is 32.0 Å². The predicted octanol–water partition coefficient (Wildman–Crippen LogP) is 2.02. The molecule has 0 unspecified atom stereocenters. The van der Waals surface area contributed by atoms with Crippen LogP contribution in [-0.2, 0) is 6.18 Å². The summed E-state index contributed by atoms with van der Waals surface area (Å²) in [4.78, 5) is 10.7. The van der Waals surface area contributed by atoms with Crippen LogP contribution in [0.4, 0.5) is 32.3 Å². The number of alkyl halides is 6. The summed E-state index contributed by atoms with van der Waals surface area (Å²) in [7, 11) is 1.38. The van der Waals surface area contributed by atoms with Crippen molar-refractivity contribution in [3.63, 3.8) is 0 Å². The maximum Gasteiger partial charge on any atom is 0.433 e. The quantitative estimate of drug-likeness (QED) is 0.314. The number of nitrogens with zero attached hydrogens (tertiary/aromatic N) is 3. The summed E-state index contributed by atoms with van der Waals surface area (Å²) in [6, 6.07) is 0.746. The molecule has 136 valence electrons. The number of guanidine groups is 1. The lowest BCUT2D eigenvalue weighted by molar-refractivity contribution is -0.141. The van der Waals surface area contributed by atoms with E-state index >= 15 is 0 Å². The summed E-state index contributed by atoms with van der Waals surface area (Å²) in [6.45, 7) is -0.0140. The molecular weight excluding hydrogens is 342 g/mol. The summed E-state index contributed by atoms with van der Waals surface area (Å²) in [5.74, 6) is -0.0577. The van der Waals surface area contributed by atoms with Crippen LogP contribution in [0.2, 0.25) is 0 Å². The van der Waals surface area contributed by atoms with E-state index < -0.39 is 24.5 Å². The zero-order valence-electron chi connectivity index (χ0n) is 12.6. The third-order valence-corrected chi connectivity index (χ3v) is 2.57. The largest absolute Gasteiger partial charge is 0.433 e. The molecule has 0 radical (unpaired) electrons. The van der Waals surface area contributed by atoms with Gasteiger partial charge in [-0.15, -0.1) is 0 Å². The van der Waals surface area contributed by atoms with Crippen molar-refractivity contribution in [3.8, 4) is 0 Å². The van der Waals surface area contributed by atoms with Crippen LogP contribution in [0.15, 0.2) is 17.3 Å². The van der Waals surface area contributed by atoms with Crippen molar-refractivity contribution in [1.29, 1.82) is 0 Å². The molecular formula is C12H16F6N6. The van der Waals surface area contributed by atoms with E-state index in [-0.39, 0.29) is 31.5 Å². The van der Waals surface area contributed by atoms with Crippen molar-refractivity contribution in [2.45, 2.75) is 18.8 Å². The zero-order valence-corrected chi connectivity index (χ0v) is 12.6. The Hall–Kier alpha value is -2.27. The van der Waals surface area contributed by atoms with Crippen molar-refractivity contribution in [1.82, 2.24) is 20.6 Å². The normalized spacial score (nSPS) is 12.9. The van der Waals surface area contributed by atoms with Gasteiger partial charge in [0.1, 0.15) is 5.69 Å². The lowest BCUT2D eigenvalue weighted by Crippen LogP contribution is -2.40. The molecule has 1 heterocycles. The Balaban J connectivity index is 2.34. The van der Waals surface area contributed by atoms with Crippen molar-refractivity contribution < 1.29 is 26.3 Å². The molecule has 24 heavy (non-hydrogen) atoms. The Morgan fingerprint density at radius 1 is 1.08 bits per heavy atom. The van der Waals surface area contributed by atoms with Gasteiger partial charge in [0.2, 0.25) is 5.95 Å². The first kappa shape index (κ1) is 19.8. The van der Waals surface area contributed by atoms with Gasteiger partial charge in [-0.05, 0) is 6.07 Å². The van der Waals surface area contributed by atoms with Crippen LogP contribution < -0.4 is 16.0 Å². The summed E-state index contributed by atoms with van der Waals surface area (Å²) >= 11 is 0. The second kappa shape index (κ2) is 8.55. The van der Waals surface area contributed by atoms with E-state index in [1.165, 1.54) is 7.05 Å². The fourth-order valence-electron chi connectivity index (χ4n) is 1.50. The molecule has 6 nitrogen and oxygen atoms in total. The monoisotopic (exact) mass is 358 g/mol. The van der Waals surface area contributed by atoms with E-state index in [1.54, 1.807) is 0 Å². The van der Waals surface area contributed by atoms with Crippen molar-refractivity contribution >= 4 is 11.9 Å². The molecule has 0 spiro atoms. The van der Waals surface area contributed by atoms with Crippen LogP contribution in [-0.4, -0.2) is 48.8 Å². The summed E-state index contributed by atoms with van der Waals surface area (Å²) in [5.41, 5.74) is -1.07. The van der Waals surface area contributed by atoms with E-state index in [4.69, 9.17) is 0 Å². The van der Waals surface area contributed by atoms with E-state index in [2.05, 4.69) is 30.9 Å². The van der Waals surface area contributed by atoms with Gasteiger partial charge >= 0.3 is 12.4 Å². The van der Waals surface area contributed by atoms with Gasteiger partial charge in [0, 0.05) is 32.9 Å². The molecule has 0 amide bonds. The Kier molecular flexibility index (Phi) is 7.04. The summed E-state index contributed by atoms with van der Waals surface area (Å²) in [6.07, 6.45) is -8.87. The minimum Gasteiger partial charge on any atom is -0.356 e. The second-order valence-corrected chi connectivity index (χ2v) is 4.48. The molecule has 3 N–H and O–H groups in total. The van der Waals surface area contributed by atoms with Crippen LogP contribution in [0.1, 0.15) is 12.1 Å². The van der Waals surface area contributed by atoms with Gasteiger partial charge in [0.05, 0.1) is 6.42 Å². The maximum atomic E-state index is 12.5. The average molecular weight is 358 g/mol. The molecule has 0 bridgehead atoms. The molecule has 0 aromatic carbocycles. The molecule has 0 saturated carbocycles. The van der Waals surface area contributed by atoms with Gasteiger partial charge in [-0.1, -0.05) is 0 Å². The first-order valence-electron chi connectivity index (χ1n) is 6.77. The van der Waals surface area contributed by atoms with E-state index in [0.717, 1.165) is 12.3 Å². The first-order chi connectivity index (χ1) is 11.1. The fraction of sp³-hybridized carbons (Fsp3) is 0.583. The Bertz CT molecular complexity index is 542. The Morgan fingerprint density at radius 3 is 2.33 bits per heavy atom. The summed E-state index contributed by atoms with van der Waals surface area (Å²) < 4.78 is 73.5. The standard InChI is InChI=1S/C12H16F6N6/c1-19-9(21-5-3-11(13,14)15)22-6-7-23-10-20-4-2-8(24-10)12(16,17)18/h2,4H,3,5-7H2,1H3,(H2,19,21,22)(H,20,23,24). The molecule has 1 aromatic rings. The van der Waals surface area contributed by atoms with Crippen LogP contribution >= 0.6 is 0 Å². The minimum atomic E-state index is -4.57. The van der Waals surface area contributed by atoms with Crippen molar-refractivity contribution in [2.24, 2.45) is 4.99 Å². The number of rotatable bonds is 6. The number of aromatic nitrogens is 2. The highest BCUT2D eigenvalue weighted by atomic mass is 19.4. The average Bonchev–Trinajstić information content (AvgIpc) is 2.48. The van der Waals surface area contributed by atoms with Gasteiger partial charge in [0.25, 0.3) is 0 Å². The molecule has 1 aromatic heterocycles. The first-order valence-corrected chi connectivity index (χ1v) is 6.77. The molecule has 0 saturated heterocycles. The predicted molar refractivity (Wildman–Crippen MR) is 75.6 cm³/mol. The van der Waals surface area contributed by atoms with Crippen LogP contribution in [0, 0.1) is 0 Å². The van der Waals surface area contributed by atoms with Crippen LogP contribution in [0.25, 0.3) is 0 Å². The van der Waals surface area contributed by atoms with Gasteiger partial charge in [-0.3, -0.25) is 4.99 Å². The van der Waals surface area contributed by atoms with E-state index in [9.17, 15) is 26.3 Å². The molecule has 0 aliphatic carbocycles. The zero-order chi connectivity index (χ0) is 18.2. The fourth-order valence-corrected chi connectivity index (χ4v) is 1.50. The number of halogens is 6. The minimum absolute atomic E-state index is 0.140. The third-order valence-electron chi connectivity index (χ3n) is 2.57. The van der Waals surface area contributed by atoms with Crippen LogP contribution in [0.3, 0.4) is 0 Å². The smallest absolute Gasteiger partial charge is 0.356 e. The van der Waals surface area contributed by atoms with E-state index in [0.29, 0.717) is 0 Å². The molecule has 0 aliphatic heterocycles. The topological polar surface area (TPSA) is 74.2 Å². The van der Waals surface area contributed by atoms with Gasteiger partial charge in [0.15, 0.2) is 5.96 Å². The lowest BCUT2D eigenvalue weighted by Gasteiger charge is -2.13. The maximum absolute atomic E-state index is 12.5. The van der Waals surface area contributed by atoms with E-state index in [1.807, 2.05) is 0 Å². The molecule has 1 rings (SSSR count). The van der Waals surface area contributed by atoms with Gasteiger partial charge in [-0.2, -0.15) is 26.3 Å². The number of anilines is 1. The highest BCUT2D eigenvalue weighted by molar-refractivity contribution is 5.79. The van der Waals surface area contributed by atoms with Crippen LogP contribution in [0.5, 0.6) is 0 Å². The number of aliphatic imine (C=N–C) groups is 1. The van der Waals surface area contributed by atoms with Crippen molar-refractivity contribution in [3.05, 3.63) is 18.0 Å². The Morgan fingerprint density at radius 2 is 1.75 bits per heavy atom. The number of hydrogen-bond donors (Lipinski definition) is 3. The second-order valence-electron chi connectivity index (χ2n) is 4.48. The third kappa shape index (κ3) is 7.83. The van der Waals surface area contributed by atoms with Gasteiger partial charge < -0.3 is 16.0 Å².